The Hall–Kier alpha value is -1.89. The van der Waals surface area contributed by atoms with Crippen molar-refractivity contribution in [1.82, 2.24) is 24.5 Å². The SMILES string of the molecule is CNc1nnc2c(NCCCN3CCCC3)nccn12. The van der Waals surface area contributed by atoms with E-state index in [9.17, 15) is 0 Å². The van der Waals surface area contributed by atoms with Gasteiger partial charge in [-0.2, -0.15) is 0 Å². The second-order valence-electron chi connectivity index (χ2n) is 5.07. The van der Waals surface area contributed by atoms with E-state index in [1.54, 1.807) is 6.20 Å². The summed E-state index contributed by atoms with van der Waals surface area (Å²) in [6.45, 7) is 4.57. The lowest BCUT2D eigenvalue weighted by molar-refractivity contribution is 0.337. The number of hydrogen-bond donors (Lipinski definition) is 2. The molecular weight excluding hydrogens is 254 g/mol. The summed E-state index contributed by atoms with van der Waals surface area (Å²) in [6, 6.07) is 0. The first-order chi connectivity index (χ1) is 9.88. The summed E-state index contributed by atoms with van der Waals surface area (Å²) in [5, 5.41) is 14.6. The third-order valence-electron chi connectivity index (χ3n) is 3.69. The van der Waals surface area contributed by atoms with Crippen molar-refractivity contribution in [3.05, 3.63) is 12.4 Å². The van der Waals surface area contributed by atoms with Gasteiger partial charge in [-0.25, -0.2) is 4.98 Å². The summed E-state index contributed by atoms with van der Waals surface area (Å²) in [5.41, 5.74) is 0.762. The summed E-state index contributed by atoms with van der Waals surface area (Å²) in [4.78, 5) is 6.87. The molecule has 3 heterocycles. The molecule has 3 rings (SSSR count). The maximum atomic E-state index is 4.35. The maximum absolute atomic E-state index is 4.35. The summed E-state index contributed by atoms with van der Waals surface area (Å²) < 4.78 is 1.90. The van der Waals surface area contributed by atoms with E-state index in [0.717, 1.165) is 36.9 Å². The number of aromatic nitrogens is 4. The van der Waals surface area contributed by atoms with Crippen LogP contribution in [-0.2, 0) is 0 Å². The molecule has 2 aromatic heterocycles. The molecule has 0 atom stereocenters. The first-order valence-electron chi connectivity index (χ1n) is 7.22. The Labute approximate surface area is 118 Å². The van der Waals surface area contributed by atoms with Crippen LogP contribution in [0.5, 0.6) is 0 Å². The normalized spacial score (nSPS) is 15.8. The highest BCUT2D eigenvalue weighted by molar-refractivity contribution is 5.64. The third kappa shape index (κ3) is 2.67. The molecule has 0 bridgehead atoms. The quantitative estimate of drug-likeness (QED) is 0.768. The van der Waals surface area contributed by atoms with E-state index in [-0.39, 0.29) is 0 Å². The molecule has 2 N–H and O–H groups in total. The van der Waals surface area contributed by atoms with Crippen molar-refractivity contribution in [2.75, 3.05) is 43.9 Å². The number of nitrogens with one attached hydrogen (secondary N) is 2. The zero-order chi connectivity index (χ0) is 13.8. The van der Waals surface area contributed by atoms with E-state index in [1.807, 2.05) is 17.6 Å². The molecule has 7 nitrogen and oxygen atoms in total. The van der Waals surface area contributed by atoms with Crippen LogP contribution in [0.25, 0.3) is 5.65 Å². The molecule has 1 fully saturated rings. The van der Waals surface area contributed by atoms with Gasteiger partial charge in [0.2, 0.25) is 11.6 Å². The standard InChI is InChI=1S/C13H21N7/c1-14-13-18-17-12-11(16-6-10-20(12)13)15-5-4-9-19-7-2-3-8-19/h6,10H,2-5,7-9H2,1H3,(H,14,18)(H,15,16). The van der Waals surface area contributed by atoms with Gasteiger partial charge in [-0.05, 0) is 38.9 Å². The van der Waals surface area contributed by atoms with E-state index >= 15 is 0 Å². The topological polar surface area (TPSA) is 70.4 Å². The highest BCUT2D eigenvalue weighted by Gasteiger charge is 2.11. The van der Waals surface area contributed by atoms with Crippen LogP contribution >= 0.6 is 0 Å². The van der Waals surface area contributed by atoms with E-state index < -0.39 is 0 Å². The van der Waals surface area contributed by atoms with Crippen molar-refractivity contribution in [2.45, 2.75) is 19.3 Å². The fourth-order valence-electron chi connectivity index (χ4n) is 2.64. The molecule has 1 aliphatic rings. The molecule has 108 valence electrons. The van der Waals surface area contributed by atoms with Crippen molar-refractivity contribution in [3.8, 4) is 0 Å². The number of rotatable bonds is 6. The largest absolute Gasteiger partial charge is 0.367 e. The van der Waals surface area contributed by atoms with E-state index in [0.29, 0.717) is 0 Å². The molecule has 2 aromatic rings. The average molecular weight is 275 g/mol. The lowest BCUT2D eigenvalue weighted by Gasteiger charge is -2.14. The first kappa shape index (κ1) is 13.1. The third-order valence-corrected chi connectivity index (χ3v) is 3.69. The van der Waals surface area contributed by atoms with Gasteiger partial charge in [-0.1, -0.05) is 0 Å². The second-order valence-corrected chi connectivity index (χ2v) is 5.07. The lowest BCUT2D eigenvalue weighted by atomic mass is 10.4. The molecule has 0 amide bonds. The highest BCUT2D eigenvalue weighted by Crippen LogP contribution is 2.14. The maximum Gasteiger partial charge on any atom is 0.228 e. The van der Waals surface area contributed by atoms with Crippen LogP contribution in [0.1, 0.15) is 19.3 Å². The van der Waals surface area contributed by atoms with Crippen LogP contribution in [-0.4, -0.2) is 57.7 Å². The molecule has 20 heavy (non-hydrogen) atoms. The van der Waals surface area contributed by atoms with E-state index in [4.69, 9.17) is 0 Å². The Balaban J connectivity index is 1.58. The van der Waals surface area contributed by atoms with Gasteiger partial charge in [-0.15, -0.1) is 10.2 Å². The molecule has 1 aliphatic heterocycles. The predicted molar refractivity (Wildman–Crippen MR) is 79.1 cm³/mol. The number of nitrogens with zero attached hydrogens (tertiary/aromatic N) is 5. The number of hydrogen-bond acceptors (Lipinski definition) is 6. The Morgan fingerprint density at radius 3 is 2.90 bits per heavy atom. The monoisotopic (exact) mass is 275 g/mol. The van der Waals surface area contributed by atoms with Crippen molar-refractivity contribution in [3.63, 3.8) is 0 Å². The minimum Gasteiger partial charge on any atom is -0.367 e. The van der Waals surface area contributed by atoms with E-state index in [1.165, 1.54) is 25.9 Å². The first-order valence-corrected chi connectivity index (χ1v) is 7.22. The highest BCUT2D eigenvalue weighted by atomic mass is 15.3. The van der Waals surface area contributed by atoms with Gasteiger partial charge >= 0.3 is 0 Å². The van der Waals surface area contributed by atoms with Gasteiger partial charge in [0, 0.05) is 26.0 Å². The summed E-state index contributed by atoms with van der Waals surface area (Å²) in [5.74, 6) is 1.52. The van der Waals surface area contributed by atoms with Crippen LogP contribution in [0.2, 0.25) is 0 Å². The molecule has 7 heteroatoms. The van der Waals surface area contributed by atoms with Crippen LogP contribution in [0, 0.1) is 0 Å². The predicted octanol–water partition coefficient (Wildman–Crippen LogP) is 1.06. The minimum absolute atomic E-state index is 0.725. The number of likely N-dealkylation sites (tertiary alicyclic amines) is 1. The van der Waals surface area contributed by atoms with Gasteiger partial charge in [0.05, 0.1) is 0 Å². The fraction of sp³-hybridized carbons (Fsp3) is 0.615. The smallest absolute Gasteiger partial charge is 0.228 e. The summed E-state index contributed by atoms with van der Waals surface area (Å²) in [7, 11) is 1.83. The number of anilines is 2. The molecule has 0 radical (unpaired) electrons. The number of fused-ring (bicyclic) bond motifs is 1. The van der Waals surface area contributed by atoms with Crippen LogP contribution in [0.4, 0.5) is 11.8 Å². The van der Waals surface area contributed by atoms with Gasteiger partial charge in [0.25, 0.3) is 0 Å². The van der Waals surface area contributed by atoms with Gasteiger partial charge < -0.3 is 15.5 Å². The Morgan fingerprint density at radius 1 is 1.25 bits per heavy atom. The molecule has 0 spiro atoms. The van der Waals surface area contributed by atoms with Crippen molar-refractivity contribution < 1.29 is 0 Å². The Morgan fingerprint density at radius 2 is 2.10 bits per heavy atom. The Bertz CT molecular complexity index is 559. The fourth-order valence-corrected chi connectivity index (χ4v) is 2.64. The molecular formula is C13H21N7. The lowest BCUT2D eigenvalue weighted by Crippen LogP contribution is -2.22. The zero-order valence-corrected chi connectivity index (χ0v) is 11.8. The zero-order valence-electron chi connectivity index (χ0n) is 11.8. The van der Waals surface area contributed by atoms with Crippen molar-refractivity contribution in [2.24, 2.45) is 0 Å². The molecule has 0 unspecified atom stereocenters. The second kappa shape index (κ2) is 6.04. The molecule has 1 saturated heterocycles. The average Bonchev–Trinajstić information content (AvgIpc) is 3.12. The van der Waals surface area contributed by atoms with Crippen LogP contribution in [0.15, 0.2) is 12.4 Å². The van der Waals surface area contributed by atoms with Gasteiger partial charge in [-0.3, -0.25) is 4.40 Å². The summed E-state index contributed by atoms with van der Waals surface area (Å²) in [6.07, 6.45) is 7.44. The van der Waals surface area contributed by atoms with Crippen molar-refractivity contribution >= 4 is 17.4 Å². The van der Waals surface area contributed by atoms with Crippen LogP contribution in [0.3, 0.4) is 0 Å². The van der Waals surface area contributed by atoms with Crippen molar-refractivity contribution in [1.29, 1.82) is 0 Å². The summed E-state index contributed by atoms with van der Waals surface area (Å²) >= 11 is 0. The molecule has 0 aliphatic carbocycles. The minimum atomic E-state index is 0.725. The van der Waals surface area contributed by atoms with Gasteiger partial charge in [0.1, 0.15) is 0 Å². The van der Waals surface area contributed by atoms with E-state index in [2.05, 4.69) is 30.7 Å². The molecule has 0 aromatic carbocycles. The Kier molecular flexibility index (Phi) is 3.96. The van der Waals surface area contributed by atoms with Crippen LogP contribution < -0.4 is 10.6 Å². The van der Waals surface area contributed by atoms with Gasteiger partial charge in [0.15, 0.2) is 5.82 Å². The molecule has 0 saturated carbocycles.